The number of nitrogens with zero attached hydrogens (tertiary/aromatic N) is 2. The number of nitriles is 1. The number of aromatic amines is 1. The quantitative estimate of drug-likeness (QED) is 0.850. The maximum atomic E-state index is 12.0. The largest absolute Gasteiger partial charge is 0.321 e. The zero-order chi connectivity index (χ0) is 13.8. The first kappa shape index (κ1) is 12.5. The highest BCUT2D eigenvalue weighted by Crippen LogP contribution is 2.18. The first-order valence-electron chi connectivity index (χ1n) is 5.59. The molecule has 2 heterocycles. The van der Waals surface area contributed by atoms with Crippen molar-refractivity contribution in [1.82, 2.24) is 9.97 Å². The molecule has 0 aliphatic heterocycles. The Bertz CT molecular complexity index is 791. The van der Waals surface area contributed by atoms with Gasteiger partial charge in [-0.3, -0.25) is 4.79 Å². The molecule has 2 aromatic heterocycles. The van der Waals surface area contributed by atoms with Crippen LogP contribution in [0.3, 0.4) is 0 Å². The van der Waals surface area contributed by atoms with Crippen LogP contribution < -0.4 is 5.56 Å². The lowest BCUT2D eigenvalue weighted by molar-refractivity contribution is 1.24. The number of rotatable bonds is 3. The van der Waals surface area contributed by atoms with E-state index in [-0.39, 0.29) is 11.3 Å². The van der Waals surface area contributed by atoms with Crippen molar-refractivity contribution >= 4 is 16.5 Å². The average Bonchev–Trinajstić information content (AvgIpc) is 2.43. The van der Waals surface area contributed by atoms with Crippen molar-refractivity contribution in [3.05, 3.63) is 71.3 Å². The molecular formula is C15H11N3O. The van der Waals surface area contributed by atoms with Crippen molar-refractivity contribution in [3.63, 3.8) is 0 Å². The number of aromatic nitrogens is 2. The van der Waals surface area contributed by atoms with E-state index in [2.05, 4.69) is 23.1 Å². The van der Waals surface area contributed by atoms with Crippen molar-refractivity contribution < 1.29 is 0 Å². The molecule has 0 amide bonds. The average molecular weight is 249 g/mol. The van der Waals surface area contributed by atoms with Crippen LogP contribution in [0.15, 0.2) is 54.5 Å². The number of allylic oxidation sites excluding steroid dienone is 4. The van der Waals surface area contributed by atoms with Crippen molar-refractivity contribution in [3.8, 4) is 6.07 Å². The van der Waals surface area contributed by atoms with E-state index < -0.39 is 0 Å². The normalized spacial score (nSPS) is 11.0. The van der Waals surface area contributed by atoms with E-state index in [0.717, 1.165) is 0 Å². The molecule has 1 N–H and O–H groups in total. The van der Waals surface area contributed by atoms with Gasteiger partial charge in [0.2, 0.25) is 0 Å². The fraction of sp³-hybridized carbons (Fsp3) is 0. The molecule has 19 heavy (non-hydrogen) atoms. The summed E-state index contributed by atoms with van der Waals surface area (Å²) in [6, 6.07) is 5.32. The fourth-order valence-corrected chi connectivity index (χ4v) is 1.83. The molecule has 0 saturated heterocycles. The monoisotopic (exact) mass is 249 g/mol. The van der Waals surface area contributed by atoms with Crippen molar-refractivity contribution in [2.75, 3.05) is 0 Å². The van der Waals surface area contributed by atoms with Gasteiger partial charge in [0.05, 0.1) is 5.52 Å². The molecule has 0 bridgehead atoms. The van der Waals surface area contributed by atoms with E-state index in [4.69, 9.17) is 5.26 Å². The van der Waals surface area contributed by atoms with Crippen LogP contribution in [-0.4, -0.2) is 9.97 Å². The highest BCUT2D eigenvalue weighted by Gasteiger charge is 2.08. The Morgan fingerprint density at radius 3 is 2.89 bits per heavy atom. The minimum atomic E-state index is -0.240. The minimum Gasteiger partial charge on any atom is -0.321 e. The first-order chi connectivity index (χ1) is 9.21. The van der Waals surface area contributed by atoms with E-state index in [1.807, 2.05) is 6.07 Å². The highest BCUT2D eigenvalue weighted by molar-refractivity contribution is 5.87. The predicted molar refractivity (Wildman–Crippen MR) is 75.4 cm³/mol. The van der Waals surface area contributed by atoms with Gasteiger partial charge in [0.25, 0.3) is 5.56 Å². The number of H-pyrrole nitrogens is 1. The topological polar surface area (TPSA) is 69.5 Å². The number of hydrogen-bond donors (Lipinski definition) is 1. The molecule has 0 radical (unpaired) electrons. The molecule has 0 spiro atoms. The van der Waals surface area contributed by atoms with Crippen LogP contribution in [0.1, 0.15) is 11.3 Å². The maximum absolute atomic E-state index is 12.0. The second kappa shape index (κ2) is 5.15. The van der Waals surface area contributed by atoms with Gasteiger partial charge in [-0.15, -0.1) is 0 Å². The third kappa shape index (κ3) is 2.22. The number of pyridine rings is 2. The van der Waals surface area contributed by atoms with E-state index in [1.165, 1.54) is 6.20 Å². The maximum Gasteiger partial charge on any atom is 0.256 e. The summed E-state index contributed by atoms with van der Waals surface area (Å²) < 4.78 is 0. The number of fused-ring (bicyclic) bond motifs is 1. The zero-order valence-corrected chi connectivity index (χ0v) is 10.2. The summed E-state index contributed by atoms with van der Waals surface area (Å²) in [4.78, 5) is 18.7. The van der Waals surface area contributed by atoms with Gasteiger partial charge in [0.1, 0.15) is 11.8 Å². The van der Waals surface area contributed by atoms with Crippen LogP contribution in [0, 0.1) is 11.3 Å². The van der Waals surface area contributed by atoms with Gasteiger partial charge in [0.15, 0.2) is 0 Å². The van der Waals surface area contributed by atoms with E-state index >= 15 is 0 Å². The molecule has 2 aromatic rings. The summed E-state index contributed by atoms with van der Waals surface area (Å²) in [5, 5.41) is 9.65. The second-order valence-electron chi connectivity index (χ2n) is 3.81. The Morgan fingerprint density at radius 2 is 2.26 bits per heavy atom. The molecular weight excluding hydrogens is 238 g/mol. The Labute approximate surface area is 110 Å². The second-order valence-corrected chi connectivity index (χ2v) is 3.81. The Kier molecular flexibility index (Phi) is 3.39. The summed E-state index contributed by atoms with van der Waals surface area (Å²) >= 11 is 0. The third-order valence-corrected chi connectivity index (χ3v) is 2.71. The van der Waals surface area contributed by atoms with Crippen LogP contribution >= 0.6 is 0 Å². The van der Waals surface area contributed by atoms with Gasteiger partial charge >= 0.3 is 0 Å². The summed E-state index contributed by atoms with van der Waals surface area (Å²) in [6.07, 6.45) is 6.33. The fourth-order valence-electron chi connectivity index (χ4n) is 1.83. The number of nitrogens with one attached hydrogen (secondary N) is 1. The molecule has 4 nitrogen and oxygen atoms in total. The molecule has 0 fully saturated rings. The lowest BCUT2D eigenvalue weighted by Crippen LogP contribution is -2.11. The van der Waals surface area contributed by atoms with Gasteiger partial charge in [0, 0.05) is 17.1 Å². The standard InChI is InChI=1S/C15H11N3O/c1-3-5-10(4-2)11-8-12-13(18-15(11)19)6-7-17-14(12)9-16/h3-8H,1-2H2,(H,18,19)/b10-5+. The highest BCUT2D eigenvalue weighted by atomic mass is 16.1. The SMILES string of the molecule is C=C/C=C(\C=C)c1cc2c(C#N)nccc2[nH]c1=O. The predicted octanol–water partition coefficient (Wildman–Crippen LogP) is 2.55. The summed E-state index contributed by atoms with van der Waals surface area (Å²) in [5.41, 5.74) is 1.70. The van der Waals surface area contributed by atoms with Crippen molar-refractivity contribution in [2.24, 2.45) is 0 Å². The van der Waals surface area contributed by atoms with E-state index in [1.54, 1.807) is 30.4 Å². The van der Waals surface area contributed by atoms with Crippen LogP contribution in [0.5, 0.6) is 0 Å². The Balaban J connectivity index is 2.85. The van der Waals surface area contributed by atoms with Crippen molar-refractivity contribution in [1.29, 1.82) is 5.26 Å². The van der Waals surface area contributed by atoms with E-state index in [9.17, 15) is 4.79 Å². The molecule has 0 unspecified atom stereocenters. The van der Waals surface area contributed by atoms with Crippen LogP contribution in [0.4, 0.5) is 0 Å². The van der Waals surface area contributed by atoms with Gasteiger partial charge in [-0.25, -0.2) is 4.98 Å². The van der Waals surface area contributed by atoms with Gasteiger partial charge < -0.3 is 4.98 Å². The third-order valence-electron chi connectivity index (χ3n) is 2.71. The lowest BCUT2D eigenvalue weighted by atomic mass is 10.0. The van der Waals surface area contributed by atoms with Crippen molar-refractivity contribution in [2.45, 2.75) is 0 Å². The minimum absolute atomic E-state index is 0.240. The van der Waals surface area contributed by atoms with Gasteiger partial charge in [-0.2, -0.15) is 5.26 Å². The molecule has 0 saturated carbocycles. The zero-order valence-electron chi connectivity index (χ0n) is 10.2. The molecule has 0 aromatic carbocycles. The van der Waals surface area contributed by atoms with Crippen LogP contribution in [0.25, 0.3) is 16.5 Å². The summed E-state index contributed by atoms with van der Waals surface area (Å²) in [7, 11) is 0. The van der Waals surface area contributed by atoms with E-state index in [0.29, 0.717) is 22.0 Å². The lowest BCUT2D eigenvalue weighted by Gasteiger charge is -2.04. The molecule has 4 heteroatoms. The Morgan fingerprint density at radius 1 is 1.47 bits per heavy atom. The molecule has 2 rings (SSSR count). The molecule has 92 valence electrons. The summed E-state index contributed by atoms with van der Waals surface area (Å²) in [5.74, 6) is 0. The van der Waals surface area contributed by atoms with Gasteiger partial charge in [-0.05, 0) is 17.7 Å². The smallest absolute Gasteiger partial charge is 0.256 e. The number of hydrogen-bond acceptors (Lipinski definition) is 3. The first-order valence-corrected chi connectivity index (χ1v) is 5.59. The molecule has 0 aliphatic carbocycles. The van der Waals surface area contributed by atoms with Gasteiger partial charge in [-0.1, -0.05) is 31.4 Å². The van der Waals surface area contributed by atoms with Crippen LogP contribution in [0.2, 0.25) is 0 Å². The molecule has 0 atom stereocenters. The Hall–Kier alpha value is -2.93. The van der Waals surface area contributed by atoms with Crippen LogP contribution in [-0.2, 0) is 0 Å². The molecule has 0 aliphatic rings. The summed E-state index contributed by atoms with van der Waals surface area (Å²) in [6.45, 7) is 7.27.